The average molecular weight is 326 g/mol. The Morgan fingerprint density at radius 2 is 1.56 bits per heavy atom. The van der Waals surface area contributed by atoms with Crippen LogP contribution in [0.2, 0.25) is 0 Å². The second kappa shape index (κ2) is 6.37. The smallest absolute Gasteiger partial charge is 0.224 e. The van der Waals surface area contributed by atoms with Crippen LogP contribution in [-0.2, 0) is 18.4 Å². The van der Waals surface area contributed by atoms with Gasteiger partial charge in [-0.2, -0.15) is 5.26 Å². The van der Waals surface area contributed by atoms with Gasteiger partial charge in [0, 0.05) is 11.9 Å². The molecule has 1 N–H and O–H groups in total. The van der Waals surface area contributed by atoms with Crippen molar-refractivity contribution in [2.75, 3.05) is 5.32 Å². The zero-order valence-corrected chi connectivity index (χ0v) is 13.8. The van der Waals surface area contributed by atoms with Crippen LogP contribution in [0.3, 0.4) is 0 Å². The van der Waals surface area contributed by atoms with Crippen molar-refractivity contribution in [3.05, 3.63) is 89.2 Å². The molecule has 0 unspecified atom stereocenters. The van der Waals surface area contributed by atoms with Crippen LogP contribution in [0.5, 0.6) is 0 Å². The number of benzene rings is 2. The van der Waals surface area contributed by atoms with Crippen LogP contribution in [0.4, 0.5) is 5.95 Å². The summed E-state index contributed by atoms with van der Waals surface area (Å²) in [6.45, 7) is 0. The van der Waals surface area contributed by atoms with Crippen molar-refractivity contribution in [1.82, 2.24) is 9.97 Å². The van der Waals surface area contributed by atoms with E-state index in [0.29, 0.717) is 5.95 Å². The molecule has 0 saturated carbocycles. The molecule has 0 atom stereocenters. The van der Waals surface area contributed by atoms with Gasteiger partial charge in [0.15, 0.2) is 5.54 Å². The summed E-state index contributed by atoms with van der Waals surface area (Å²) in [6.07, 6.45) is 5.02. The third-order valence-corrected chi connectivity index (χ3v) is 4.69. The number of rotatable bonds is 4. The molecule has 0 aliphatic heterocycles. The number of nitrogens with zero attached hydrogens (tertiary/aromatic N) is 3. The third-order valence-electron chi connectivity index (χ3n) is 4.69. The van der Waals surface area contributed by atoms with E-state index in [0.717, 1.165) is 36.1 Å². The van der Waals surface area contributed by atoms with E-state index in [1.165, 1.54) is 5.56 Å². The van der Waals surface area contributed by atoms with E-state index in [-0.39, 0.29) is 0 Å². The molecule has 2 aromatic carbocycles. The molecule has 122 valence electrons. The van der Waals surface area contributed by atoms with E-state index in [9.17, 15) is 5.26 Å². The van der Waals surface area contributed by atoms with Gasteiger partial charge < -0.3 is 5.32 Å². The topological polar surface area (TPSA) is 61.6 Å². The van der Waals surface area contributed by atoms with Gasteiger partial charge in [-0.25, -0.2) is 9.97 Å². The Bertz CT molecular complexity index is 874. The zero-order valence-electron chi connectivity index (χ0n) is 13.8. The first-order valence-corrected chi connectivity index (χ1v) is 8.47. The molecule has 1 aromatic heterocycles. The fraction of sp³-hybridized carbons (Fsp3) is 0.190. The van der Waals surface area contributed by atoms with Crippen molar-refractivity contribution >= 4 is 5.95 Å². The summed E-state index contributed by atoms with van der Waals surface area (Å²) in [5.41, 5.74) is 3.01. The number of aromatic nitrogens is 2. The molecule has 0 radical (unpaired) electrons. The van der Waals surface area contributed by atoms with Crippen molar-refractivity contribution in [1.29, 1.82) is 5.26 Å². The molecule has 0 saturated heterocycles. The maximum atomic E-state index is 10.2. The Labute approximate surface area is 147 Å². The Morgan fingerprint density at radius 3 is 2.16 bits per heavy atom. The van der Waals surface area contributed by atoms with E-state index in [4.69, 9.17) is 0 Å². The first-order chi connectivity index (χ1) is 12.3. The molecule has 0 spiro atoms. The third kappa shape index (κ3) is 2.74. The van der Waals surface area contributed by atoms with E-state index in [1.807, 2.05) is 66.9 Å². The Balaban J connectivity index is 1.82. The van der Waals surface area contributed by atoms with Crippen LogP contribution >= 0.6 is 0 Å². The molecule has 0 bridgehead atoms. The molecule has 25 heavy (non-hydrogen) atoms. The normalized spacial score (nSPS) is 13.1. The molecule has 0 fully saturated rings. The minimum absolute atomic E-state index is 0.495. The fourth-order valence-electron chi connectivity index (χ4n) is 3.39. The van der Waals surface area contributed by atoms with Crippen molar-refractivity contribution in [2.45, 2.75) is 24.8 Å². The maximum Gasteiger partial charge on any atom is 0.224 e. The predicted molar refractivity (Wildman–Crippen MR) is 97.0 cm³/mol. The first kappa shape index (κ1) is 15.3. The van der Waals surface area contributed by atoms with Gasteiger partial charge in [-0.05, 0) is 36.0 Å². The van der Waals surface area contributed by atoms with Crippen LogP contribution in [-0.4, -0.2) is 9.97 Å². The number of fused-ring (bicyclic) bond motifs is 1. The van der Waals surface area contributed by atoms with Gasteiger partial charge in [0.2, 0.25) is 5.95 Å². The lowest BCUT2D eigenvalue weighted by Gasteiger charge is -2.29. The van der Waals surface area contributed by atoms with E-state index in [1.54, 1.807) is 0 Å². The Morgan fingerprint density at radius 1 is 0.920 bits per heavy atom. The molecule has 0 amide bonds. The second-order valence-electron chi connectivity index (χ2n) is 6.24. The second-order valence-corrected chi connectivity index (χ2v) is 6.24. The van der Waals surface area contributed by atoms with Crippen molar-refractivity contribution in [3.8, 4) is 6.07 Å². The molecule has 1 aliphatic carbocycles. The predicted octanol–water partition coefficient (Wildman–Crippen LogP) is 3.84. The molecule has 1 aliphatic rings. The van der Waals surface area contributed by atoms with Crippen LogP contribution < -0.4 is 5.32 Å². The zero-order chi connectivity index (χ0) is 17.1. The summed E-state index contributed by atoms with van der Waals surface area (Å²) in [6, 6.07) is 21.9. The number of aryl methyl sites for hydroxylation is 2. The highest BCUT2D eigenvalue weighted by molar-refractivity contribution is 5.53. The highest BCUT2D eigenvalue weighted by Crippen LogP contribution is 2.32. The molecular weight excluding hydrogens is 308 g/mol. The lowest BCUT2D eigenvalue weighted by molar-refractivity contribution is 0.743. The number of anilines is 1. The molecule has 4 heteroatoms. The van der Waals surface area contributed by atoms with E-state index >= 15 is 0 Å². The number of nitriles is 1. The quantitative estimate of drug-likeness (QED) is 0.791. The maximum absolute atomic E-state index is 10.2. The van der Waals surface area contributed by atoms with Gasteiger partial charge in [-0.3, -0.25) is 0 Å². The summed E-state index contributed by atoms with van der Waals surface area (Å²) < 4.78 is 0. The monoisotopic (exact) mass is 326 g/mol. The van der Waals surface area contributed by atoms with Crippen LogP contribution in [0.15, 0.2) is 66.9 Å². The van der Waals surface area contributed by atoms with Crippen LogP contribution in [0.1, 0.15) is 28.8 Å². The molecule has 1 heterocycles. The Hall–Kier alpha value is -3.19. The molecule has 4 nitrogen and oxygen atoms in total. The van der Waals surface area contributed by atoms with Crippen molar-refractivity contribution in [3.63, 3.8) is 0 Å². The Kier molecular flexibility index (Phi) is 3.91. The summed E-state index contributed by atoms with van der Waals surface area (Å²) in [5, 5.41) is 13.5. The number of nitrogens with one attached hydrogen (secondary N) is 1. The molecule has 3 aromatic rings. The summed E-state index contributed by atoms with van der Waals surface area (Å²) in [4.78, 5) is 9.12. The lowest BCUT2D eigenvalue weighted by Crippen LogP contribution is -2.36. The van der Waals surface area contributed by atoms with Gasteiger partial charge >= 0.3 is 0 Å². The first-order valence-electron chi connectivity index (χ1n) is 8.47. The van der Waals surface area contributed by atoms with E-state index < -0.39 is 5.54 Å². The summed E-state index contributed by atoms with van der Waals surface area (Å²) in [5.74, 6) is 0.495. The standard InChI is InChI=1S/C21H18N4/c22-15-21(17-9-3-1-4-10-17,18-11-5-2-6-12-18)25-20-23-14-16-8-7-13-19(16)24-20/h1-6,9-12,14H,7-8,13H2,(H,23,24,25). The fourth-order valence-corrected chi connectivity index (χ4v) is 3.39. The van der Waals surface area contributed by atoms with Crippen LogP contribution in [0, 0.1) is 11.3 Å². The minimum atomic E-state index is -1.03. The van der Waals surface area contributed by atoms with Crippen molar-refractivity contribution < 1.29 is 0 Å². The number of hydrogen-bond acceptors (Lipinski definition) is 4. The average Bonchev–Trinajstić information content (AvgIpc) is 3.15. The molecule has 4 rings (SSSR count). The van der Waals surface area contributed by atoms with Crippen molar-refractivity contribution in [2.24, 2.45) is 0 Å². The van der Waals surface area contributed by atoms with Gasteiger partial charge in [-0.15, -0.1) is 0 Å². The summed E-state index contributed by atoms with van der Waals surface area (Å²) in [7, 11) is 0. The lowest BCUT2D eigenvalue weighted by atomic mass is 9.84. The van der Waals surface area contributed by atoms with Crippen LogP contribution in [0.25, 0.3) is 0 Å². The summed E-state index contributed by atoms with van der Waals surface area (Å²) >= 11 is 0. The molecular formula is C21H18N4. The minimum Gasteiger partial charge on any atom is -0.329 e. The van der Waals surface area contributed by atoms with Gasteiger partial charge in [-0.1, -0.05) is 60.7 Å². The van der Waals surface area contributed by atoms with Gasteiger partial charge in [0.25, 0.3) is 0 Å². The highest BCUT2D eigenvalue weighted by Gasteiger charge is 2.35. The highest BCUT2D eigenvalue weighted by atomic mass is 15.1. The SMILES string of the molecule is N#CC(Nc1ncc2c(n1)CCC2)(c1ccccc1)c1ccccc1. The van der Waals surface area contributed by atoms with E-state index in [2.05, 4.69) is 21.4 Å². The van der Waals surface area contributed by atoms with Gasteiger partial charge in [0.1, 0.15) is 6.07 Å². The van der Waals surface area contributed by atoms with Gasteiger partial charge in [0.05, 0.1) is 0 Å². The largest absolute Gasteiger partial charge is 0.329 e. The number of hydrogen-bond donors (Lipinski definition) is 1.